The minimum absolute atomic E-state index is 0.231. The molecule has 5 heteroatoms. The first-order valence-corrected chi connectivity index (χ1v) is 7.22. The molecule has 0 radical (unpaired) electrons. The zero-order valence-corrected chi connectivity index (χ0v) is 12.3. The molecule has 0 saturated heterocycles. The van der Waals surface area contributed by atoms with Crippen LogP contribution >= 0.6 is 11.6 Å². The molecule has 1 fully saturated rings. The van der Waals surface area contributed by atoms with E-state index in [1.165, 1.54) is 6.20 Å². The highest BCUT2D eigenvalue weighted by Crippen LogP contribution is 2.43. The monoisotopic (exact) mass is 300 g/mol. The highest BCUT2D eigenvalue weighted by molar-refractivity contribution is 6.38. The van der Waals surface area contributed by atoms with Gasteiger partial charge >= 0.3 is 5.97 Å². The maximum Gasteiger partial charge on any atom is 0.341 e. The van der Waals surface area contributed by atoms with Gasteiger partial charge in [-0.1, -0.05) is 11.6 Å². The Labute approximate surface area is 127 Å². The maximum absolute atomic E-state index is 11.8. The van der Waals surface area contributed by atoms with Crippen LogP contribution in [0, 0.1) is 11.3 Å². The summed E-state index contributed by atoms with van der Waals surface area (Å²) in [5, 5.41) is 10.2. The molecule has 0 atom stereocenters. The Morgan fingerprint density at radius 2 is 2.29 bits per heavy atom. The second-order valence-corrected chi connectivity index (χ2v) is 5.43. The minimum Gasteiger partial charge on any atom is -0.462 e. The molecule has 0 unspecified atom stereocenters. The lowest BCUT2D eigenvalue weighted by atomic mass is 10.0. The molecule has 4 nitrogen and oxygen atoms in total. The highest BCUT2D eigenvalue weighted by Gasteiger charge is 2.27. The van der Waals surface area contributed by atoms with E-state index in [4.69, 9.17) is 16.3 Å². The Morgan fingerprint density at radius 1 is 1.52 bits per heavy atom. The third kappa shape index (κ3) is 2.45. The third-order valence-corrected chi connectivity index (χ3v) is 4.01. The second-order valence-electron chi connectivity index (χ2n) is 5.05. The van der Waals surface area contributed by atoms with Crippen molar-refractivity contribution in [3.05, 3.63) is 40.0 Å². The fraction of sp³-hybridized carbons (Fsp3) is 0.312. The molecule has 1 aliphatic carbocycles. The van der Waals surface area contributed by atoms with Crippen molar-refractivity contribution in [2.75, 3.05) is 6.61 Å². The minimum atomic E-state index is -0.498. The van der Waals surface area contributed by atoms with Crippen LogP contribution in [-0.4, -0.2) is 17.6 Å². The van der Waals surface area contributed by atoms with E-state index in [0.29, 0.717) is 22.4 Å². The number of aromatic nitrogens is 1. The molecule has 1 saturated carbocycles. The van der Waals surface area contributed by atoms with Crippen molar-refractivity contribution in [2.24, 2.45) is 0 Å². The fourth-order valence-corrected chi connectivity index (χ4v) is 2.68. The fourth-order valence-electron chi connectivity index (χ4n) is 2.40. The van der Waals surface area contributed by atoms with Crippen LogP contribution < -0.4 is 0 Å². The summed E-state index contributed by atoms with van der Waals surface area (Å²) >= 11 is 6.30. The summed E-state index contributed by atoms with van der Waals surface area (Å²) in [4.78, 5) is 16.1. The number of carbonyl (C=O) groups excluding carboxylic acids is 1. The number of esters is 1. The van der Waals surface area contributed by atoms with Gasteiger partial charge in [-0.3, -0.25) is 4.98 Å². The van der Waals surface area contributed by atoms with Crippen LogP contribution in [0.3, 0.4) is 0 Å². The normalized spacial score (nSPS) is 14.0. The molecular formula is C16H13ClN2O2. The molecule has 1 aromatic carbocycles. The van der Waals surface area contributed by atoms with Crippen molar-refractivity contribution >= 4 is 28.5 Å². The topological polar surface area (TPSA) is 63.0 Å². The quantitative estimate of drug-likeness (QED) is 0.809. The van der Waals surface area contributed by atoms with Crippen molar-refractivity contribution in [3.63, 3.8) is 0 Å². The van der Waals surface area contributed by atoms with E-state index >= 15 is 0 Å². The van der Waals surface area contributed by atoms with Gasteiger partial charge in [0.1, 0.15) is 0 Å². The molecule has 106 valence electrons. The number of ether oxygens (including phenoxy) is 1. The van der Waals surface area contributed by atoms with Gasteiger partial charge in [-0.25, -0.2) is 4.79 Å². The number of rotatable bonds is 3. The first-order valence-electron chi connectivity index (χ1n) is 6.85. The lowest BCUT2D eigenvalue weighted by Gasteiger charge is -2.09. The van der Waals surface area contributed by atoms with Gasteiger partial charge in [-0.15, -0.1) is 0 Å². The van der Waals surface area contributed by atoms with Gasteiger partial charge in [0.15, 0.2) is 0 Å². The van der Waals surface area contributed by atoms with Gasteiger partial charge in [0, 0.05) is 11.6 Å². The van der Waals surface area contributed by atoms with Crippen molar-refractivity contribution in [1.82, 2.24) is 4.98 Å². The van der Waals surface area contributed by atoms with Crippen LogP contribution in [0.1, 0.15) is 47.2 Å². The number of nitrogens with zero attached hydrogens (tertiary/aromatic N) is 2. The predicted molar refractivity (Wildman–Crippen MR) is 79.4 cm³/mol. The summed E-state index contributed by atoms with van der Waals surface area (Å²) < 4.78 is 4.96. The zero-order chi connectivity index (χ0) is 15.0. The second kappa shape index (κ2) is 5.34. The van der Waals surface area contributed by atoms with Crippen LogP contribution in [0.25, 0.3) is 10.9 Å². The summed E-state index contributed by atoms with van der Waals surface area (Å²) in [5.74, 6) is -0.0453. The highest BCUT2D eigenvalue weighted by atomic mass is 35.5. The number of fused-ring (bicyclic) bond motifs is 1. The maximum atomic E-state index is 11.8. The number of nitriles is 1. The molecule has 3 rings (SSSR count). The van der Waals surface area contributed by atoms with Gasteiger partial charge in [-0.2, -0.15) is 5.26 Å². The predicted octanol–water partition coefficient (Wildman–Crippen LogP) is 3.81. The first-order chi connectivity index (χ1) is 10.2. The zero-order valence-electron chi connectivity index (χ0n) is 11.5. The van der Waals surface area contributed by atoms with Crippen molar-refractivity contribution < 1.29 is 9.53 Å². The largest absolute Gasteiger partial charge is 0.462 e. The summed E-state index contributed by atoms with van der Waals surface area (Å²) in [7, 11) is 0. The molecule has 1 heterocycles. The Kier molecular flexibility index (Phi) is 3.52. The smallest absolute Gasteiger partial charge is 0.341 e. The molecule has 0 N–H and O–H groups in total. The van der Waals surface area contributed by atoms with E-state index in [-0.39, 0.29) is 17.2 Å². The van der Waals surface area contributed by atoms with Gasteiger partial charge in [-0.05, 0) is 43.4 Å². The van der Waals surface area contributed by atoms with Crippen LogP contribution in [0.5, 0.6) is 0 Å². The Balaban J connectivity index is 2.17. The lowest BCUT2D eigenvalue weighted by Crippen LogP contribution is -2.06. The lowest BCUT2D eigenvalue weighted by molar-refractivity contribution is 0.0526. The van der Waals surface area contributed by atoms with E-state index in [1.807, 2.05) is 6.07 Å². The summed E-state index contributed by atoms with van der Waals surface area (Å²) in [6.07, 6.45) is 3.65. The van der Waals surface area contributed by atoms with Gasteiger partial charge < -0.3 is 4.74 Å². The summed E-state index contributed by atoms with van der Waals surface area (Å²) in [5.41, 5.74) is 2.56. The standard InChI is InChI=1S/C16H13ClN2O2/c1-2-21-16(20)13-8-19-14-6-11(9-3-4-9)10(7-18)5-12(14)15(13)17/h5-6,8-9H,2-4H2,1H3. The molecule has 0 bridgehead atoms. The number of hydrogen-bond donors (Lipinski definition) is 0. The molecule has 2 aromatic rings. The van der Waals surface area contributed by atoms with Gasteiger partial charge in [0.2, 0.25) is 0 Å². The molecular weight excluding hydrogens is 288 g/mol. The van der Waals surface area contributed by atoms with Crippen molar-refractivity contribution in [3.8, 4) is 6.07 Å². The summed E-state index contributed by atoms with van der Waals surface area (Å²) in [6, 6.07) is 5.84. The Bertz CT molecular complexity index is 776. The van der Waals surface area contributed by atoms with Crippen molar-refractivity contribution in [2.45, 2.75) is 25.7 Å². The van der Waals surface area contributed by atoms with E-state index in [9.17, 15) is 10.1 Å². The van der Waals surface area contributed by atoms with Crippen LogP contribution in [0.15, 0.2) is 18.3 Å². The van der Waals surface area contributed by atoms with Crippen molar-refractivity contribution in [1.29, 1.82) is 5.26 Å². The number of hydrogen-bond acceptors (Lipinski definition) is 4. The first kappa shape index (κ1) is 13.8. The number of pyridine rings is 1. The van der Waals surface area contributed by atoms with E-state index in [1.54, 1.807) is 13.0 Å². The third-order valence-electron chi connectivity index (χ3n) is 3.61. The molecule has 21 heavy (non-hydrogen) atoms. The number of halogens is 1. The SMILES string of the molecule is CCOC(=O)c1cnc2cc(C3CC3)c(C#N)cc2c1Cl. The van der Waals surface area contributed by atoms with Crippen LogP contribution in [0.2, 0.25) is 5.02 Å². The van der Waals surface area contributed by atoms with Crippen LogP contribution in [-0.2, 0) is 4.74 Å². The van der Waals surface area contributed by atoms with E-state index in [2.05, 4.69) is 11.1 Å². The summed E-state index contributed by atoms with van der Waals surface area (Å²) in [6.45, 7) is 2.01. The van der Waals surface area contributed by atoms with E-state index in [0.717, 1.165) is 18.4 Å². The van der Waals surface area contributed by atoms with E-state index < -0.39 is 5.97 Å². The Hall–Kier alpha value is -2.12. The number of benzene rings is 1. The average Bonchev–Trinajstić information content (AvgIpc) is 3.31. The molecule has 0 aliphatic heterocycles. The Morgan fingerprint density at radius 3 is 2.90 bits per heavy atom. The number of carbonyl (C=O) groups is 1. The molecule has 1 aliphatic rings. The average molecular weight is 301 g/mol. The molecule has 0 spiro atoms. The van der Waals surface area contributed by atoms with Gasteiger partial charge in [0.05, 0.1) is 34.3 Å². The van der Waals surface area contributed by atoms with Crippen LogP contribution in [0.4, 0.5) is 0 Å². The molecule has 0 amide bonds. The molecule has 1 aromatic heterocycles. The van der Waals surface area contributed by atoms with Gasteiger partial charge in [0.25, 0.3) is 0 Å².